The highest BCUT2D eigenvalue weighted by Gasteiger charge is 2.19. The average molecular weight is 277 g/mol. The van der Waals surface area contributed by atoms with Gasteiger partial charge in [0, 0.05) is 24.6 Å². The quantitative estimate of drug-likeness (QED) is 0.865. The summed E-state index contributed by atoms with van der Waals surface area (Å²) in [4.78, 5) is 13.8. The van der Waals surface area contributed by atoms with Gasteiger partial charge in [0.15, 0.2) is 0 Å². The van der Waals surface area contributed by atoms with Gasteiger partial charge in [0.25, 0.3) is 0 Å². The molecule has 0 spiro atoms. The number of benzene rings is 1. The zero-order valence-electron chi connectivity index (χ0n) is 11.9. The molecule has 0 aromatic heterocycles. The third-order valence-corrected chi connectivity index (χ3v) is 3.26. The SMILES string of the molecule is CCN(Cc1ccc(C#N)cc1F)C(=O)C(C)CCN. The van der Waals surface area contributed by atoms with Crippen molar-refractivity contribution >= 4 is 5.91 Å². The van der Waals surface area contributed by atoms with E-state index in [0.717, 1.165) is 0 Å². The van der Waals surface area contributed by atoms with Gasteiger partial charge in [0.1, 0.15) is 5.82 Å². The number of hydrogen-bond donors (Lipinski definition) is 1. The van der Waals surface area contributed by atoms with E-state index in [1.807, 2.05) is 19.9 Å². The van der Waals surface area contributed by atoms with Gasteiger partial charge in [0.2, 0.25) is 5.91 Å². The van der Waals surface area contributed by atoms with E-state index in [0.29, 0.717) is 25.1 Å². The fraction of sp³-hybridized carbons (Fsp3) is 0.467. The summed E-state index contributed by atoms with van der Waals surface area (Å²) in [6, 6.07) is 6.19. The van der Waals surface area contributed by atoms with Gasteiger partial charge in [-0.15, -0.1) is 0 Å². The van der Waals surface area contributed by atoms with Crippen molar-refractivity contribution in [1.82, 2.24) is 4.90 Å². The van der Waals surface area contributed by atoms with E-state index in [1.165, 1.54) is 6.07 Å². The standard InChI is InChI=1S/C15H20FN3O/c1-3-19(15(20)11(2)6-7-17)10-13-5-4-12(9-18)8-14(13)16/h4-5,8,11H,3,6-7,10,17H2,1-2H3. The van der Waals surface area contributed by atoms with Gasteiger partial charge < -0.3 is 10.6 Å². The monoisotopic (exact) mass is 277 g/mol. The van der Waals surface area contributed by atoms with Crippen molar-refractivity contribution in [2.45, 2.75) is 26.8 Å². The van der Waals surface area contributed by atoms with Crippen LogP contribution in [-0.4, -0.2) is 23.9 Å². The van der Waals surface area contributed by atoms with Crippen LogP contribution in [0.25, 0.3) is 0 Å². The number of nitrogens with two attached hydrogens (primary N) is 1. The van der Waals surface area contributed by atoms with E-state index >= 15 is 0 Å². The van der Waals surface area contributed by atoms with Gasteiger partial charge in [-0.2, -0.15) is 5.26 Å². The summed E-state index contributed by atoms with van der Waals surface area (Å²) in [5.74, 6) is -0.648. The number of carbonyl (C=O) groups excluding carboxylic acids is 1. The number of nitriles is 1. The second-order valence-corrected chi connectivity index (χ2v) is 4.75. The molecule has 1 unspecified atom stereocenters. The Bertz CT molecular complexity index is 510. The van der Waals surface area contributed by atoms with Gasteiger partial charge in [0.05, 0.1) is 11.6 Å². The molecule has 0 saturated carbocycles. The first-order valence-corrected chi connectivity index (χ1v) is 6.70. The number of hydrogen-bond acceptors (Lipinski definition) is 3. The highest BCUT2D eigenvalue weighted by Crippen LogP contribution is 2.15. The average Bonchev–Trinajstić information content (AvgIpc) is 2.45. The number of rotatable bonds is 6. The molecule has 2 N–H and O–H groups in total. The smallest absolute Gasteiger partial charge is 0.225 e. The number of nitrogens with zero attached hydrogens (tertiary/aromatic N) is 2. The molecule has 0 aliphatic heterocycles. The van der Waals surface area contributed by atoms with Gasteiger partial charge in [-0.3, -0.25) is 4.79 Å². The van der Waals surface area contributed by atoms with Crippen LogP contribution in [-0.2, 0) is 11.3 Å². The number of amides is 1. The summed E-state index contributed by atoms with van der Waals surface area (Å²) >= 11 is 0. The zero-order chi connectivity index (χ0) is 15.1. The van der Waals surface area contributed by atoms with Crippen LogP contribution < -0.4 is 5.73 Å². The van der Waals surface area contributed by atoms with Crippen molar-refractivity contribution in [3.05, 3.63) is 35.1 Å². The van der Waals surface area contributed by atoms with Gasteiger partial charge in [-0.25, -0.2) is 4.39 Å². The first-order valence-electron chi connectivity index (χ1n) is 6.70. The normalized spacial score (nSPS) is 11.8. The molecular weight excluding hydrogens is 257 g/mol. The number of halogens is 1. The highest BCUT2D eigenvalue weighted by atomic mass is 19.1. The third-order valence-electron chi connectivity index (χ3n) is 3.26. The maximum absolute atomic E-state index is 13.8. The molecule has 0 radical (unpaired) electrons. The Kier molecular flexibility index (Phi) is 6.13. The van der Waals surface area contributed by atoms with Crippen LogP contribution in [0.1, 0.15) is 31.4 Å². The lowest BCUT2D eigenvalue weighted by Crippen LogP contribution is -2.35. The highest BCUT2D eigenvalue weighted by molar-refractivity contribution is 5.78. The second-order valence-electron chi connectivity index (χ2n) is 4.75. The Morgan fingerprint density at radius 1 is 1.55 bits per heavy atom. The molecule has 1 atom stereocenters. The minimum Gasteiger partial charge on any atom is -0.338 e. The fourth-order valence-electron chi connectivity index (χ4n) is 1.98. The van der Waals surface area contributed by atoms with Crippen molar-refractivity contribution in [2.24, 2.45) is 11.7 Å². The molecule has 0 aliphatic rings. The van der Waals surface area contributed by atoms with Crippen LogP contribution in [0.5, 0.6) is 0 Å². The molecule has 1 aromatic rings. The first kappa shape index (κ1) is 16.1. The molecule has 0 fully saturated rings. The Hall–Kier alpha value is -1.93. The third kappa shape index (κ3) is 4.04. The fourth-order valence-corrected chi connectivity index (χ4v) is 1.98. The van der Waals surface area contributed by atoms with Crippen molar-refractivity contribution < 1.29 is 9.18 Å². The van der Waals surface area contributed by atoms with Crippen LogP contribution in [0.2, 0.25) is 0 Å². The molecule has 108 valence electrons. The van der Waals surface area contributed by atoms with Crippen LogP contribution in [0.15, 0.2) is 18.2 Å². The van der Waals surface area contributed by atoms with Gasteiger partial charge >= 0.3 is 0 Å². The Labute approximate surface area is 119 Å². The van der Waals surface area contributed by atoms with E-state index in [9.17, 15) is 9.18 Å². The molecule has 4 nitrogen and oxygen atoms in total. The lowest BCUT2D eigenvalue weighted by atomic mass is 10.1. The van der Waals surface area contributed by atoms with Crippen molar-refractivity contribution in [3.8, 4) is 6.07 Å². The molecule has 1 amide bonds. The van der Waals surface area contributed by atoms with E-state index in [1.54, 1.807) is 17.0 Å². The topological polar surface area (TPSA) is 70.1 Å². The van der Waals surface area contributed by atoms with E-state index < -0.39 is 5.82 Å². The predicted molar refractivity (Wildman–Crippen MR) is 75.0 cm³/mol. The van der Waals surface area contributed by atoms with Crippen LogP contribution in [0.3, 0.4) is 0 Å². The molecule has 1 rings (SSSR count). The van der Waals surface area contributed by atoms with E-state index in [-0.39, 0.29) is 23.9 Å². The summed E-state index contributed by atoms with van der Waals surface area (Å²) < 4.78 is 13.8. The van der Waals surface area contributed by atoms with Gasteiger partial charge in [-0.05, 0) is 32.0 Å². The summed E-state index contributed by atoms with van der Waals surface area (Å²) in [5.41, 5.74) is 6.15. The minimum atomic E-state index is -0.457. The van der Waals surface area contributed by atoms with Crippen molar-refractivity contribution in [2.75, 3.05) is 13.1 Å². The zero-order valence-corrected chi connectivity index (χ0v) is 11.9. The molecule has 0 saturated heterocycles. The van der Waals surface area contributed by atoms with Crippen molar-refractivity contribution in [1.29, 1.82) is 5.26 Å². The lowest BCUT2D eigenvalue weighted by molar-refractivity contribution is -0.135. The summed E-state index contributed by atoms with van der Waals surface area (Å²) in [5, 5.41) is 8.71. The van der Waals surface area contributed by atoms with Crippen LogP contribution in [0.4, 0.5) is 4.39 Å². The summed E-state index contributed by atoms with van der Waals surface area (Å²) in [6.07, 6.45) is 0.616. The summed E-state index contributed by atoms with van der Waals surface area (Å²) in [7, 11) is 0. The first-order chi connectivity index (χ1) is 9.53. The molecular formula is C15H20FN3O. The lowest BCUT2D eigenvalue weighted by Gasteiger charge is -2.24. The Balaban J connectivity index is 2.83. The molecule has 5 heteroatoms. The van der Waals surface area contributed by atoms with Gasteiger partial charge in [-0.1, -0.05) is 13.0 Å². The second kappa shape index (κ2) is 7.61. The molecule has 0 bridgehead atoms. The summed E-state index contributed by atoms with van der Waals surface area (Å²) in [6.45, 7) is 4.85. The number of carbonyl (C=O) groups is 1. The maximum atomic E-state index is 13.8. The minimum absolute atomic E-state index is 0.0262. The predicted octanol–water partition coefficient (Wildman–Crippen LogP) is 2.03. The molecule has 1 aromatic carbocycles. The van der Waals surface area contributed by atoms with Crippen LogP contribution >= 0.6 is 0 Å². The largest absolute Gasteiger partial charge is 0.338 e. The van der Waals surface area contributed by atoms with Crippen LogP contribution in [0, 0.1) is 23.1 Å². The molecule has 20 heavy (non-hydrogen) atoms. The maximum Gasteiger partial charge on any atom is 0.225 e. The van der Waals surface area contributed by atoms with E-state index in [2.05, 4.69) is 0 Å². The molecule has 0 heterocycles. The van der Waals surface area contributed by atoms with E-state index in [4.69, 9.17) is 11.0 Å². The Morgan fingerprint density at radius 3 is 2.75 bits per heavy atom. The van der Waals surface area contributed by atoms with Crippen molar-refractivity contribution in [3.63, 3.8) is 0 Å². The Morgan fingerprint density at radius 2 is 2.25 bits per heavy atom. The molecule has 0 aliphatic carbocycles.